The summed E-state index contributed by atoms with van der Waals surface area (Å²) in [5.74, 6) is -0.310. The molecule has 2 fully saturated rings. The topological polar surface area (TPSA) is 40.5 Å². The number of hydrogen-bond donors (Lipinski definition) is 1. The molecule has 1 saturated carbocycles. The van der Waals surface area contributed by atoms with Crippen LogP contribution in [0.15, 0.2) is 30.3 Å². The van der Waals surface area contributed by atoms with Crippen molar-refractivity contribution >= 4 is 5.97 Å². The van der Waals surface area contributed by atoms with E-state index in [1.165, 1.54) is 5.56 Å². The van der Waals surface area contributed by atoms with Crippen molar-refractivity contribution in [3.8, 4) is 0 Å². The first kappa shape index (κ1) is 11.7. The third kappa shape index (κ3) is 1.74. The van der Waals surface area contributed by atoms with Crippen molar-refractivity contribution in [2.75, 3.05) is 0 Å². The van der Waals surface area contributed by atoms with E-state index in [9.17, 15) is 9.90 Å². The Morgan fingerprint density at radius 3 is 2.83 bits per heavy atom. The van der Waals surface area contributed by atoms with Gasteiger partial charge in [0, 0.05) is 12.1 Å². The molecule has 1 aromatic carbocycles. The predicted octanol–water partition coefficient (Wildman–Crippen LogP) is 2.51. The molecular formula is C15H19NO2. The van der Waals surface area contributed by atoms with E-state index in [0.29, 0.717) is 5.92 Å². The molecule has 0 amide bonds. The predicted molar refractivity (Wildman–Crippen MR) is 69.2 cm³/mol. The SMILES string of the molecule is C[C@]12CC[C@H](C1)[C@H](C(=O)O)N2Cc1ccccc1. The van der Waals surface area contributed by atoms with Gasteiger partial charge in [0.15, 0.2) is 0 Å². The third-order valence-electron chi connectivity index (χ3n) is 4.68. The number of carbonyl (C=O) groups is 1. The number of aliphatic carboxylic acids is 1. The fourth-order valence-electron chi connectivity index (χ4n) is 3.79. The Balaban J connectivity index is 1.87. The van der Waals surface area contributed by atoms with Crippen LogP contribution in [-0.4, -0.2) is 27.6 Å². The molecule has 0 unspecified atom stereocenters. The minimum Gasteiger partial charge on any atom is -0.480 e. The lowest BCUT2D eigenvalue weighted by Crippen LogP contribution is -2.50. The zero-order chi connectivity index (χ0) is 12.8. The summed E-state index contributed by atoms with van der Waals surface area (Å²) in [6.45, 7) is 2.98. The average molecular weight is 245 g/mol. The van der Waals surface area contributed by atoms with Crippen molar-refractivity contribution < 1.29 is 9.90 Å². The molecule has 0 spiro atoms. The van der Waals surface area contributed by atoms with E-state index in [1.807, 2.05) is 18.2 Å². The zero-order valence-electron chi connectivity index (χ0n) is 10.7. The first-order valence-electron chi connectivity index (χ1n) is 6.64. The average Bonchev–Trinajstić information content (AvgIpc) is 2.84. The maximum Gasteiger partial charge on any atom is 0.321 e. The molecule has 1 aliphatic carbocycles. The Kier molecular flexibility index (Phi) is 2.67. The second-order valence-corrected chi connectivity index (χ2v) is 5.90. The lowest BCUT2D eigenvalue weighted by atomic mass is 9.95. The van der Waals surface area contributed by atoms with Gasteiger partial charge in [-0.05, 0) is 37.7 Å². The molecule has 3 atom stereocenters. The Bertz CT molecular complexity index is 459. The largest absolute Gasteiger partial charge is 0.480 e. The van der Waals surface area contributed by atoms with Crippen LogP contribution in [0.5, 0.6) is 0 Å². The molecule has 2 bridgehead atoms. The summed E-state index contributed by atoms with van der Waals surface area (Å²) in [5.41, 5.74) is 1.29. The molecule has 3 nitrogen and oxygen atoms in total. The third-order valence-corrected chi connectivity index (χ3v) is 4.68. The summed E-state index contributed by atoms with van der Waals surface area (Å²) in [5, 5.41) is 9.46. The van der Waals surface area contributed by atoms with Gasteiger partial charge in [-0.3, -0.25) is 9.69 Å². The van der Waals surface area contributed by atoms with Crippen LogP contribution in [0.1, 0.15) is 31.7 Å². The molecule has 0 radical (unpaired) electrons. The Morgan fingerprint density at radius 1 is 1.44 bits per heavy atom. The van der Waals surface area contributed by atoms with Gasteiger partial charge in [0.25, 0.3) is 0 Å². The molecule has 1 N–H and O–H groups in total. The van der Waals surface area contributed by atoms with E-state index in [2.05, 4.69) is 24.0 Å². The highest BCUT2D eigenvalue weighted by atomic mass is 16.4. The smallest absolute Gasteiger partial charge is 0.321 e. The van der Waals surface area contributed by atoms with Crippen LogP contribution in [-0.2, 0) is 11.3 Å². The first-order chi connectivity index (χ1) is 8.60. The summed E-state index contributed by atoms with van der Waals surface area (Å²) < 4.78 is 0. The summed E-state index contributed by atoms with van der Waals surface area (Å²) in [6, 6.07) is 9.89. The molecule has 1 heterocycles. The van der Waals surface area contributed by atoms with Crippen LogP contribution >= 0.6 is 0 Å². The second-order valence-electron chi connectivity index (χ2n) is 5.90. The minimum absolute atomic E-state index is 0.0869. The number of fused-ring (bicyclic) bond motifs is 2. The van der Waals surface area contributed by atoms with E-state index >= 15 is 0 Å². The standard InChI is InChI=1S/C15H19NO2/c1-15-8-7-12(9-15)13(14(17)18)16(15)10-11-5-3-2-4-6-11/h2-6,12-13H,7-10H2,1H3,(H,17,18)/t12-,13-,15+/m1/s1. The van der Waals surface area contributed by atoms with Crippen LogP contribution < -0.4 is 0 Å². The van der Waals surface area contributed by atoms with Gasteiger partial charge in [-0.2, -0.15) is 0 Å². The van der Waals surface area contributed by atoms with E-state index in [-0.39, 0.29) is 11.6 Å². The number of benzene rings is 1. The lowest BCUT2D eigenvalue weighted by Gasteiger charge is -2.39. The number of hydrogen-bond acceptors (Lipinski definition) is 2. The second kappa shape index (κ2) is 4.09. The molecule has 3 rings (SSSR count). The van der Waals surface area contributed by atoms with Gasteiger partial charge < -0.3 is 5.11 Å². The molecule has 3 heteroatoms. The highest BCUT2D eigenvalue weighted by molar-refractivity contribution is 5.75. The van der Waals surface area contributed by atoms with Gasteiger partial charge in [-0.1, -0.05) is 30.3 Å². The van der Waals surface area contributed by atoms with E-state index < -0.39 is 5.97 Å². The van der Waals surface area contributed by atoms with Gasteiger partial charge in [-0.25, -0.2) is 0 Å². The van der Waals surface area contributed by atoms with Gasteiger partial charge in [0.2, 0.25) is 0 Å². The fourth-order valence-corrected chi connectivity index (χ4v) is 3.79. The summed E-state index contributed by atoms with van der Waals surface area (Å²) in [4.78, 5) is 13.7. The fraction of sp³-hybridized carbons (Fsp3) is 0.533. The van der Waals surface area contributed by atoms with Crippen LogP contribution in [0.2, 0.25) is 0 Å². The first-order valence-corrected chi connectivity index (χ1v) is 6.64. The molecule has 96 valence electrons. The van der Waals surface area contributed by atoms with Crippen molar-refractivity contribution in [1.82, 2.24) is 4.90 Å². The molecule has 1 aliphatic heterocycles. The minimum atomic E-state index is -0.653. The Hall–Kier alpha value is -1.35. The Labute approximate surface area is 107 Å². The van der Waals surface area contributed by atoms with E-state index in [4.69, 9.17) is 0 Å². The highest BCUT2D eigenvalue weighted by Gasteiger charge is 2.55. The van der Waals surface area contributed by atoms with E-state index in [1.54, 1.807) is 0 Å². The number of carboxylic acids is 1. The van der Waals surface area contributed by atoms with E-state index in [0.717, 1.165) is 25.8 Å². The van der Waals surface area contributed by atoms with Crippen molar-refractivity contribution in [2.45, 2.75) is 44.3 Å². The number of carboxylic acid groups (broad SMARTS) is 1. The highest BCUT2D eigenvalue weighted by Crippen LogP contribution is 2.50. The van der Waals surface area contributed by atoms with Crippen LogP contribution in [0, 0.1) is 5.92 Å². The van der Waals surface area contributed by atoms with Gasteiger partial charge >= 0.3 is 5.97 Å². The normalized spacial score (nSPS) is 34.9. The van der Waals surface area contributed by atoms with Crippen LogP contribution in [0.25, 0.3) is 0 Å². The number of likely N-dealkylation sites (tertiary alicyclic amines) is 1. The van der Waals surface area contributed by atoms with Crippen molar-refractivity contribution in [1.29, 1.82) is 0 Å². The summed E-state index contributed by atoms with van der Waals surface area (Å²) in [7, 11) is 0. The number of piperidine rings is 1. The van der Waals surface area contributed by atoms with Crippen LogP contribution in [0.4, 0.5) is 0 Å². The van der Waals surface area contributed by atoms with Crippen LogP contribution in [0.3, 0.4) is 0 Å². The Morgan fingerprint density at radius 2 is 2.17 bits per heavy atom. The van der Waals surface area contributed by atoms with Crippen molar-refractivity contribution in [3.63, 3.8) is 0 Å². The quantitative estimate of drug-likeness (QED) is 0.889. The molecule has 0 aromatic heterocycles. The number of nitrogens with zero attached hydrogens (tertiary/aromatic N) is 1. The van der Waals surface area contributed by atoms with Crippen molar-refractivity contribution in [3.05, 3.63) is 35.9 Å². The molecule has 1 saturated heterocycles. The van der Waals surface area contributed by atoms with Gasteiger partial charge in [0.1, 0.15) is 6.04 Å². The maximum absolute atomic E-state index is 11.5. The lowest BCUT2D eigenvalue weighted by molar-refractivity contribution is -0.146. The van der Waals surface area contributed by atoms with Crippen molar-refractivity contribution in [2.24, 2.45) is 5.92 Å². The zero-order valence-corrected chi connectivity index (χ0v) is 10.7. The number of rotatable bonds is 3. The molecule has 1 aromatic rings. The maximum atomic E-state index is 11.5. The van der Waals surface area contributed by atoms with Gasteiger partial charge in [0.05, 0.1) is 0 Å². The molecular weight excluding hydrogens is 226 g/mol. The molecule has 2 aliphatic rings. The monoisotopic (exact) mass is 245 g/mol. The van der Waals surface area contributed by atoms with Gasteiger partial charge in [-0.15, -0.1) is 0 Å². The molecule has 18 heavy (non-hydrogen) atoms. The summed E-state index contributed by atoms with van der Waals surface area (Å²) in [6.07, 6.45) is 3.24. The summed E-state index contributed by atoms with van der Waals surface area (Å²) >= 11 is 0.